The summed E-state index contributed by atoms with van der Waals surface area (Å²) in [7, 11) is -4.03. The van der Waals surface area contributed by atoms with E-state index < -0.39 is 13.1 Å². The highest BCUT2D eigenvalue weighted by Gasteiger charge is 2.24. The Bertz CT molecular complexity index is 617. The molecule has 0 aliphatic carbocycles. The second kappa shape index (κ2) is 7.61. The number of fused-ring (bicyclic) bond motifs is 1. The lowest BCUT2D eigenvalue weighted by Crippen LogP contribution is -2.36. The van der Waals surface area contributed by atoms with Crippen LogP contribution in [0.15, 0.2) is 11.3 Å². The zero-order valence-corrected chi connectivity index (χ0v) is 14.1. The van der Waals surface area contributed by atoms with Gasteiger partial charge in [-0.2, -0.15) is 4.99 Å². The van der Waals surface area contributed by atoms with Crippen molar-refractivity contribution >= 4 is 31.0 Å². The second-order valence-electron chi connectivity index (χ2n) is 5.17. The van der Waals surface area contributed by atoms with Crippen molar-refractivity contribution in [3.05, 3.63) is 12.0 Å². The van der Waals surface area contributed by atoms with Crippen molar-refractivity contribution in [1.82, 2.24) is 19.8 Å². The molecule has 0 aromatic carbocycles. The van der Waals surface area contributed by atoms with Gasteiger partial charge in [-0.05, 0) is 0 Å². The van der Waals surface area contributed by atoms with Crippen LogP contribution < -0.4 is 16.8 Å². The summed E-state index contributed by atoms with van der Waals surface area (Å²) < 4.78 is 12.8. The first-order valence-corrected chi connectivity index (χ1v) is 9.30. The van der Waals surface area contributed by atoms with Crippen LogP contribution in [-0.2, 0) is 11.1 Å². The second-order valence-corrected chi connectivity index (χ2v) is 7.38. The minimum absolute atomic E-state index is 0.201. The molecule has 0 radical (unpaired) electrons. The molecule has 2 rings (SSSR count). The van der Waals surface area contributed by atoms with E-state index in [0.29, 0.717) is 37.7 Å². The number of aliphatic imine (C=N–C) groups is 1. The molecule has 1 aliphatic rings. The monoisotopic (exact) mass is 365 g/mol. The maximum absolute atomic E-state index is 11.0. The Morgan fingerprint density at radius 2 is 2.17 bits per heavy atom. The van der Waals surface area contributed by atoms with Gasteiger partial charge in [0.15, 0.2) is 17.3 Å². The third-order valence-corrected chi connectivity index (χ3v) is 4.49. The third-order valence-electron chi connectivity index (χ3n) is 3.39. The fourth-order valence-corrected chi connectivity index (χ4v) is 3.05. The normalized spacial score (nSPS) is 17.8. The van der Waals surface area contributed by atoms with Crippen molar-refractivity contribution in [1.29, 1.82) is 0 Å². The highest BCUT2D eigenvalue weighted by molar-refractivity contribution is 7.51. The van der Waals surface area contributed by atoms with E-state index in [4.69, 9.17) is 32.9 Å². The van der Waals surface area contributed by atoms with Crippen LogP contribution >= 0.6 is 19.2 Å². The van der Waals surface area contributed by atoms with E-state index in [0.717, 1.165) is 0 Å². The predicted octanol–water partition coefficient (Wildman–Crippen LogP) is -0.892. The van der Waals surface area contributed by atoms with Crippen LogP contribution in [0, 0.1) is 0 Å². The lowest BCUT2D eigenvalue weighted by atomic mass is 10.3. The lowest BCUT2D eigenvalue weighted by Gasteiger charge is -2.23. The molecular formula is C11H21ClN7O3P. The van der Waals surface area contributed by atoms with E-state index in [1.54, 1.807) is 10.9 Å². The summed E-state index contributed by atoms with van der Waals surface area (Å²) in [5.41, 5.74) is 11.3. The molecule has 12 heteroatoms. The van der Waals surface area contributed by atoms with Crippen molar-refractivity contribution in [2.24, 2.45) is 16.5 Å². The quantitative estimate of drug-likeness (QED) is 0.226. The summed E-state index contributed by atoms with van der Waals surface area (Å²) in [6, 6.07) is 0. The Labute approximate surface area is 138 Å². The van der Waals surface area contributed by atoms with Crippen LogP contribution in [0.2, 0.25) is 0 Å². The average Bonchev–Trinajstić information content (AvgIpc) is 2.84. The molecule has 0 fully saturated rings. The molecule has 0 amide bonds. The Hall–Kier alpha value is -1.16. The third kappa shape index (κ3) is 5.17. The van der Waals surface area contributed by atoms with Gasteiger partial charge in [-0.15, -0.1) is 0 Å². The molecular weight excluding hydrogens is 345 g/mol. The van der Waals surface area contributed by atoms with Gasteiger partial charge in [0, 0.05) is 32.7 Å². The van der Waals surface area contributed by atoms with Crippen molar-refractivity contribution in [3.63, 3.8) is 0 Å². The summed E-state index contributed by atoms with van der Waals surface area (Å²) in [5, 5.41) is 2.77. The Morgan fingerprint density at radius 3 is 2.83 bits per heavy atom. The van der Waals surface area contributed by atoms with Crippen LogP contribution in [0.5, 0.6) is 0 Å². The number of rotatable bonds is 8. The SMILES string of the molecule is NCCN(CCn1cnc2c1N=C(N)NC2Cl)CCP(=O)(O)O. The number of aromatic nitrogens is 2. The van der Waals surface area contributed by atoms with Gasteiger partial charge in [0.05, 0.1) is 12.5 Å². The molecule has 0 bridgehead atoms. The first-order valence-electron chi connectivity index (χ1n) is 7.07. The number of hydrogen-bond donors (Lipinski definition) is 5. The van der Waals surface area contributed by atoms with Crippen LogP contribution in [0.4, 0.5) is 5.82 Å². The van der Waals surface area contributed by atoms with E-state index in [2.05, 4.69) is 15.3 Å². The summed E-state index contributed by atoms with van der Waals surface area (Å²) in [6.07, 6.45) is 1.42. The van der Waals surface area contributed by atoms with E-state index >= 15 is 0 Å². The minimum atomic E-state index is -4.03. The number of halogens is 1. The number of nitrogens with zero attached hydrogens (tertiary/aromatic N) is 4. The van der Waals surface area contributed by atoms with Crippen molar-refractivity contribution in [2.75, 3.05) is 32.3 Å². The van der Waals surface area contributed by atoms with Crippen LogP contribution in [-0.4, -0.2) is 62.5 Å². The lowest BCUT2D eigenvalue weighted by molar-refractivity contribution is 0.275. The van der Waals surface area contributed by atoms with Gasteiger partial charge in [0.1, 0.15) is 5.69 Å². The maximum atomic E-state index is 11.0. The highest BCUT2D eigenvalue weighted by Crippen LogP contribution is 2.33. The molecule has 23 heavy (non-hydrogen) atoms. The van der Waals surface area contributed by atoms with Crippen LogP contribution in [0.3, 0.4) is 0 Å². The molecule has 7 N–H and O–H groups in total. The number of nitrogens with two attached hydrogens (primary N) is 2. The summed E-state index contributed by atoms with van der Waals surface area (Å²) in [6.45, 7) is 2.30. The molecule has 0 saturated heterocycles. The molecule has 1 aromatic heterocycles. The fraction of sp³-hybridized carbons (Fsp3) is 0.636. The smallest absolute Gasteiger partial charge is 0.326 e. The first-order chi connectivity index (χ1) is 10.8. The standard InChI is InChI=1S/C11H21ClN7O3P/c12-9-8-10(17-11(14)16-9)19(7-15-8)4-3-18(2-1-13)5-6-23(20,21)22/h7,9H,1-6,13H2,(H3,14,16,17)(H2,20,21,22). The molecule has 1 atom stereocenters. The predicted molar refractivity (Wildman–Crippen MR) is 87.6 cm³/mol. The molecule has 130 valence electrons. The van der Waals surface area contributed by atoms with Crippen molar-refractivity contribution in [3.8, 4) is 0 Å². The molecule has 1 aliphatic heterocycles. The minimum Gasteiger partial charge on any atom is -0.370 e. The number of alkyl halides is 1. The zero-order valence-electron chi connectivity index (χ0n) is 12.5. The van der Waals surface area contributed by atoms with Crippen LogP contribution in [0.25, 0.3) is 0 Å². The molecule has 0 spiro atoms. The topological polar surface area (TPSA) is 155 Å². The van der Waals surface area contributed by atoms with E-state index in [9.17, 15) is 4.57 Å². The number of nitrogens with one attached hydrogen (secondary N) is 1. The summed E-state index contributed by atoms with van der Waals surface area (Å²) in [5.74, 6) is 0.809. The van der Waals surface area contributed by atoms with E-state index in [1.807, 2.05) is 4.90 Å². The molecule has 1 unspecified atom stereocenters. The Balaban J connectivity index is 2.00. The van der Waals surface area contributed by atoms with Crippen molar-refractivity contribution < 1.29 is 14.4 Å². The van der Waals surface area contributed by atoms with Gasteiger partial charge in [-0.25, -0.2) is 4.98 Å². The van der Waals surface area contributed by atoms with Gasteiger partial charge in [0.25, 0.3) is 0 Å². The average molecular weight is 366 g/mol. The maximum Gasteiger partial charge on any atom is 0.326 e. The highest BCUT2D eigenvalue weighted by atomic mass is 35.5. The van der Waals surface area contributed by atoms with Gasteiger partial charge in [-0.1, -0.05) is 11.6 Å². The van der Waals surface area contributed by atoms with Crippen molar-refractivity contribution in [2.45, 2.75) is 12.0 Å². The molecule has 2 heterocycles. The Kier molecular flexibility index (Phi) is 6.01. The van der Waals surface area contributed by atoms with E-state index in [-0.39, 0.29) is 18.7 Å². The number of guanidine groups is 1. The largest absolute Gasteiger partial charge is 0.370 e. The fourth-order valence-electron chi connectivity index (χ4n) is 2.24. The summed E-state index contributed by atoms with van der Waals surface area (Å²) in [4.78, 5) is 28.3. The summed E-state index contributed by atoms with van der Waals surface area (Å²) >= 11 is 6.11. The Morgan fingerprint density at radius 1 is 1.43 bits per heavy atom. The van der Waals surface area contributed by atoms with Gasteiger partial charge < -0.3 is 31.1 Å². The number of hydrogen-bond acceptors (Lipinski definition) is 7. The first kappa shape index (κ1) is 18.2. The number of imidazole rings is 1. The van der Waals surface area contributed by atoms with Gasteiger partial charge in [0.2, 0.25) is 0 Å². The molecule has 1 aromatic rings. The molecule has 0 saturated carbocycles. The zero-order chi connectivity index (χ0) is 17.0. The van der Waals surface area contributed by atoms with Gasteiger partial charge in [-0.3, -0.25) is 9.46 Å². The van der Waals surface area contributed by atoms with Crippen LogP contribution in [0.1, 0.15) is 11.2 Å². The van der Waals surface area contributed by atoms with Gasteiger partial charge >= 0.3 is 7.60 Å². The molecule has 10 nitrogen and oxygen atoms in total. The van der Waals surface area contributed by atoms with E-state index in [1.165, 1.54) is 0 Å².